The molecule has 0 fully saturated rings. The van der Waals surface area contributed by atoms with E-state index in [9.17, 15) is 4.79 Å². The Morgan fingerprint density at radius 1 is 1.22 bits per heavy atom. The number of anilines is 1. The number of nitrogens with zero attached hydrogens (tertiary/aromatic N) is 3. The van der Waals surface area contributed by atoms with E-state index < -0.39 is 0 Å². The van der Waals surface area contributed by atoms with E-state index in [2.05, 4.69) is 29.1 Å². The minimum atomic E-state index is -0.234. The highest BCUT2D eigenvalue weighted by Crippen LogP contribution is 2.34. The van der Waals surface area contributed by atoms with Gasteiger partial charge in [-0.05, 0) is 54.0 Å². The molecule has 0 spiro atoms. The van der Waals surface area contributed by atoms with Gasteiger partial charge in [0.25, 0.3) is 0 Å². The van der Waals surface area contributed by atoms with Crippen LogP contribution in [-0.4, -0.2) is 34.5 Å². The maximum absolute atomic E-state index is 12.3. The van der Waals surface area contributed by atoms with Crippen LogP contribution in [0.1, 0.15) is 44.0 Å². The Labute approximate surface area is 142 Å². The standard InChI is InChI=1S/C17H26N4OS/c1-8-21(9-13(22)20-17(5,6)7)15-14-10(2)11(3)23-16(14)19-12(4)18-15/h8-9H2,1-7H3,(H,20,22). The number of nitrogens with one attached hydrogen (secondary N) is 1. The summed E-state index contributed by atoms with van der Waals surface area (Å²) in [6.07, 6.45) is 0. The van der Waals surface area contributed by atoms with Crippen molar-refractivity contribution in [1.82, 2.24) is 15.3 Å². The van der Waals surface area contributed by atoms with Gasteiger partial charge in [-0.3, -0.25) is 4.79 Å². The van der Waals surface area contributed by atoms with Crippen LogP contribution in [0.15, 0.2) is 0 Å². The van der Waals surface area contributed by atoms with Crippen LogP contribution < -0.4 is 10.2 Å². The molecule has 2 heterocycles. The Bertz CT molecular complexity index is 730. The molecule has 0 saturated heterocycles. The lowest BCUT2D eigenvalue weighted by atomic mass is 10.1. The van der Waals surface area contributed by atoms with Crippen molar-refractivity contribution in [3.05, 3.63) is 16.3 Å². The van der Waals surface area contributed by atoms with Crippen molar-refractivity contribution in [3.63, 3.8) is 0 Å². The summed E-state index contributed by atoms with van der Waals surface area (Å²) in [4.78, 5) is 25.8. The summed E-state index contributed by atoms with van der Waals surface area (Å²) >= 11 is 1.69. The Morgan fingerprint density at radius 2 is 1.87 bits per heavy atom. The van der Waals surface area contributed by atoms with Gasteiger partial charge < -0.3 is 10.2 Å². The molecule has 2 aromatic rings. The van der Waals surface area contributed by atoms with Crippen LogP contribution >= 0.6 is 11.3 Å². The monoisotopic (exact) mass is 334 g/mol. The first-order chi connectivity index (χ1) is 10.6. The minimum absolute atomic E-state index is 0.00775. The van der Waals surface area contributed by atoms with Crippen LogP contribution in [0, 0.1) is 20.8 Å². The highest BCUT2D eigenvalue weighted by Gasteiger charge is 2.21. The summed E-state index contributed by atoms with van der Waals surface area (Å²) in [5.74, 6) is 1.61. The van der Waals surface area contributed by atoms with Crippen molar-refractivity contribution >= 4 is 33.3 Å². The fourth-order valence-corrected chi connectivity index (χ4v) is 3.60. The normalized spacial score (nSPS) is 11.8. The van der Waals surface area contributed by atoms with E-state index >= 15 is 0 Å². The molecule has 0 radical (unpaired) electrons. The van der Waals surface area contributed by atoms with Gasteiger partial charge in [-0.25, -0.2) is 9.97 Å². The fourth-order valence-electron chi connectivity index (χ4n) is 2.53. The summed E-state index contributed by atoms with van der Waals surface area (Å²) in [6.45, 7) is 15.1. The highest BCUT2D eigenvalue weighted by molar-refractivity contribution is 7.18. The third-order valence-electron chi connectivity index (χ3n) is 3.65. The van der Waals surface area contributed by atoms with Gasteiger partial charge in [-0.2, -0.15) is 0 Å². The van der Waals surface area contributed by atoms with Crippen molar-refractivity contribution in [3.8, 4) is 0 Å². The smallest absolute Gasteiger partial charge is 0.239 e. The van der Waals surface area contributed by atoms with Gasteiger partial charge >= 0.3 is 0 Å². The van der Waals surface area contributed by atoms with Crippen LogP contribution in [0.2, 0.25) is 0 Å². The first-order valence-electron chi connectivity index (χ1n) is 7.92. The van der Waals surface area contributed by atoms with Gasteiger partial charge in [0.2, 0.25) is 5.91 Å². The minimum Gasteiger partial charge on any atom is -0.350 e. The molecular formula is C17H26N4OS. The molecule has 2 rings (SSSR count). The van der Waals surface area contributed by atoms with Crippen molar-refractivity contribution in [1.29, 1.82) is 0 Å². The zero-order chi connectivity index (χ0) is 17.4. The molecular weight excluding hydrogens is 308 g/mol. The predicted octanol–water partition coefficient (Wildman–Crippen LogP) is 3.36. The fraction of sp³-hybridized carbons (Fsp3) is 0.588. The van der Waals surface area contributed by atoms with Gasteiger partial charge in [0.15, 0.2) is 0 Å². The zero-order valence-corrected chi connectivity index (χ0v) is 15.9. The molecule has 6 heteroatoms. The number of amides is 1. The average Bonchev–Trinajstić information content (AvgIpc) is 2.68. The molecule has 2 aromatic heterocycles. The molecule has 5 nitrogen and oxygen atoms in total. The number of aryl methyl sites for hydroxylation is 3. The van der Waals surface area contributed by atoms with Crippen LogP contribution in [0.5, 0.6) is 0 Å². The molecule has 0 atom stereocenters. The van der Waals surface area contributed by atoms with Crippen molar-refractivity contribution in [2.75, 3.05) is 18.0 Å². The number of rotatable bonds is 4. The molecule has 0 saturated carbocycles. The van der Waals surface area contributed by atoms with E-state index in [1.54, 1.807) is 11.3 Å². The predicted molar refractivity (Wildman–Crippen MR) is 97.4 cm³/mol. The van der Waals surface area contributed by atoms with Crippen molar-refractivity contribution in [2.24, 2.45) is 0 Å². The molecule has 0 aliphatic heterocycles. The van der Waals surface area contributed by atoms with Gasteiger partial charge in [-0.1, -0.05) is 0 Å². The second-order valence-electron chi connectivity index (χ2n) is 6.87. The second-order valence-corrected chi connectivity index (χ2v) is 8.07. The van der Waals surface area contributed by atoms with Crippen LogP contribution in [0.3, 0.4) is 0 Å². The number of hydrogen-bond acceptors (Lipinski definition) is 5. The number of aromatic nitrogens is 2. The Hall–Kier alpha value is -1.69. The molecule has 126 valence electrons. The first-order valence-corrected chi connectivity index (χ1v) is 8.74. The molecule has 0 aliphatic carbocycles. The highest BCUT2D eigenvalue weighted by atomic mass is 32.1. The Morgan fingerprint density at radius 3 is 2.43 bits per heavy atom. The summed E-state index contributed by atoms with van der Waals surface area (Å²) in [6, 6.07) is 0. The number of likely N-dealkylation sites (N-methyl/N-ethyl adjacent to an activating group) is 1. The van der Waals surface area contributed by atoms with E-state index in [0.29, 0.717) is 6.54 Å². The van der Waals surface area contributed by atoms with E-state index in [0.717, 1.165) is 28.4 Å². The average molecular weight is 334 g/mol. The van der Waals surface area contributed by atoms with Crippen LogP contribution in [-0.2, 0) is 4.79 Å². The SMILES string of the molecule is CCN(CC(=O)NC(C)(C)C)c1nc(C)nc2sc(C)c(C)c12. The third-order valence-corrected chi connectivity index (χ3v) is 4.75. The third kappa shape index (κ3) is 3.99. The number of thiophene rings is 1. The van der Waals surface area contributed by atoms with Gasteiger partial charge in [-0.15, -0.1) is 11.3 Å². The van der Waals surface area contributed by atoms with E-state index in [-0.39, 0.29) is 11.4 Å². The number of carbonyl (C=O) groups excluding carboxylic acids is 1. The second kappa shape index (κ2) is 6.43. The maximum atomic E-state index is 12.3. The maximum Gasteiger partial charge on any atom is 0.239 e. The lowest BCUT2D eigenvalue weighted by Gasteiger charge is -2.26. The zero-order valence-electron chi connectivity index (χ0n) is 15.1. The molecule has 0 aliphatic rings. The Balaban J connectivity index is 2.41. The van der Waals surface area contributed by atoms with E-state index in [1.807, 2.05) is 39.5 Å². The van der Waals surface area contributed by atoms with Crippen molar-refractivity contribution in [2.45, 2.75) is 54.0 Å². The van der Waals surface area contributed by atoms with E-state index in [4.69, 9.17) is 0 Å². The summed E-state index contributed by atoms with van der Waals surface area (Å²) < 4.78 is 0. The number of hydrogen-bond donors (Lipinski definition) is 1. The molecule has 0 aromatic carbocycles. The largest absolute Gasteiger partial charge is 0.350 e. The lowest BCUT2D eigenvalue weighted by molar-refractivity contribution is -0.121. The molecule has 1 amide bonds. The Kier molecular flexibility index (Phi) is 4.94. The van der Waals surface area contributed by atoms with Crippen LogP contribution in [0.25, 0.3) is 10.2 Å². The van der Waals surface area contributed by atoms with Gasteiger partial charge in [0.1, 0.15) is 16.5 Å². The van der Waals surface area contributed by atoms with Gasteiger partial charge in [0.05, 0.1) is 11.9 Å². The quantitative estimate of drug-likeness (QED) is 0.931. The topological polar surface area (TPSA) is 58.1 Å². The molecule has 1 N–H and O–H groups in total. The first kappa shape index (κ1) is 17.7. The van der Waals surface area contributed by atoms with E-state index in [1.165, 1.54) is 10.4 Å². The lowest BCUT2D eigenvalue weighted by Crippen LogP contribution is -2.46. The summed E-state index contributed by atoms with van der Waals surface area (Å²) in [5.41, 5.74) is 0.970. The molecule has 23 heavy (non-hydrogen) atoms. The summed E-state index contributed by atoms with van der Waals surface area (Å²) in [7, 11) is 0. The molecule has 0 bridgehead atoms. The van der Waals surface area contributed by atoms with Gasteiger partial charge in [0, 0.05) is 17.0 Å². The van der Waals surface area contributed by atoms with Crippen LogP contribution in [0.4, 0.5) is 5.82 Å². The number of carbonyl (C=O) groups is 1. The summed E-state index contributed by atoms with van der Waals surface area (Å²) in [5, 5.41) is 4.09. The molecule has 0 unspecified atom stereocenters. The number of fused-ring (bicyclic) bond motifs is 1. The van der Waals surface area contributed by atoms with Crippen molar-refractivity contribution < 1.29 is 4.79 Å².